The van der Waals surface area contributed by atoms with Gasteiger partial charge in [0.05, 0.1) is 10.2 Å². The number of aromatic nitrogens is 2. The summed E-state index contributed by atoms with van der Waals surface area (Å²) in [6.45, 7) is 0. The predicted molar refractivity (Wildman–Crippen MR) is 92.8 cm³/mol. The molecule has 0 unspecified atom stereocenters. The summed E-state index contributed by atoms with van der Waals surface area (Å²) < 4.78 is 2.72. The maximum Gasteiger partial charge on any atom is 0.144 e. The highest BCUT2D eigenvalue weighted by molar-refractivity contribution is 9.10. The van der Waals surface area contributed by atoms with Crippen molar-refractivity contribution < 1.29 is 0 Å². The fourth-order valence-electron chi connectivity index (χ4n) is 1.96. The van der Waals surface area contributed by atoms with Crippen molar-refractivity contribution >= 4 is 55.8 Å². The first kappa shape index (κ1) is 14.8. The van der Waals surface area contributed by atoms with Gasteiger partial charge in [-0.15, -0.1) is 11.8 Å². The Hall–Kier alpha value is -0.170. The molecule has 1 aliphatic carbocycles. The standard InChI is InChI=1S/C14H12Br2N2S2/c15-9-2-1-3-10(6-9)20-7-11-17-13(8-4-5-8)12(16)14(19)18-11/h1-3,6,8H,4-5,7H2,(H,17,18,19). The first-order valence-corrected chi connectivity index (χ1v) is 9.28. The number of halogens is 2. The molecule has 2 nitrogen and oxygen atoms in total. The topological polar surface area (TPSA) is 28.7 Å². The minimum Gasteiger partial charge on any atom is -0.345 e. The van der Waals surface area contributed by atoms with Gasteiger partial charge >= 0.3 is 0 Å². The Bertz CT molecular complexity index is 696. The zero-order valence-corrected chi connectivity index (χ0v) is 15.3. The van der Waals surface area contributed by atoms with Crippen LogP contribution in [0.1, 0.15) is 30.3 Å². The molecule has 20 heavy (non-hydrogen) atoms. The Morgan fingerprint density at radius 2 is 2.15 bits per heavy atom. The fraction of sp³-hybridized carbons (Fsp3) is 0.286. The van der Waals surface area contributed by atoms with E-state index in [0.717, 1.165) is 20.5 Å². The van der Waals surface area contributed by atoms with E-state index in [1.807, 2.05) is 12.1 Å². The third kappa shape index (κ3) is 3.53. The summed E-state index contributed by atoms with van der Waals surface area (Å²) >= 11 is 14.1. The minimum atomic E-state index is 0.628. The van der Waals surface area contributed by atoms with Gasteiger partial charge in [-0.05, 0) is 47.0 Å². The second kappa shape index (κ2) is 6.30. The zero-order valence-electron chi connectivity index (χ0n) is 10.5. The molecule has 2 aromatic rings. The smallest absolute Gasteiger partial charge is 0.144 e. The molecule has 1 aliphatic rings. The van der Waals surface area contributed by atoms with E-state index in [1.165, 1.54) is 23.4 Å². The van der Waals surface area contributed by atoms with Crippen LogP contribution in [0.15, 0.2) is 38.1 Å². The first-order valence-electron chi connectivity index (χ1n) is 6.30. The molecular formula is C14H12Br2N2S2. The molecule has 104 valence electrons. The molecule has 1 N–H and O–H groups in total. The lowest BCUT2D eigenvalue weighted by molar-refractivity contribution is 0.912. The van der Waals surface area contributed by atoms with Crippen molar-refractivity contribution in [3.63, 3.8) is 0 Å². The molecule has 1 fully saturated rings. The maximum atomic E-state index is 5.33. The van der Waals surface area contributed by atoms with Crippen molar-refractivity contribution in [2.75, 3.05) is 0 Å². The number of rotatable bonds is 4. The first-order chi connectivity index (χ1) is 9.63. The molecule has 3 rings (SSSR count). The zero-order chi connectivity index (χ0) is 14.1. The predicted octanol–water partition coefficient (Wildman–Crippen LogP) is 5.83. The van der Waals surface area contributed by atoms with Gasteiger partial charge in [-0.25, -0.2) is 4.98 Å². The number of thioether (sulfide) groups is 1. The van der Waals surface area contributed by atoms with Crippen LogP contribution in [-0.4, -0.2) is 9.97 Å². The molecule has 1 heterocycles. The summed E-state index contributed by atoms with van der Waals surface area (Å²) in [5, 5.41) is 0. The lowest BCUT2D eigenvalue weighted by Gasteiger charge is -2.07. The van der Waals surface area contributed by atoms with E-state index in [9.17, 15) is 0 Å². The molecular weight excluding hydrogens is 420 g/mol. The van der Waals surface area contributed by atoms with Crippen LogP contribution in [0, 0.1) is 4.64 Å². The highest BCUT2D eigenvalue weighted by Gasteiger charge is 2.27. The number of H-pyrrole nitrogens is 1. The second-order valence-electron chi connectivity index (χ2n) is 4.74. The van der Waals surface area contributed by atoms with Gasteiger partial charge in [-0.2, -0.15) is 0 Å². The maximum absolute atomic E-state index is 5.33. The monoisotopic (exact) mass is 430 g/mol. The van der Waals surface area contributed by atoms with Gasteiger partial charge in [0, 0.05) is 21.0 Å². The average molecular weight is 432 g/mol. The molecule has 0 atom stereocenters. The lowest BCUT2D eigenvalue weighted by Crippen LogP contribution is -1.99. The van der Waals surface area contributed by atoms with E-state index in [0.29, 0.717) is 10.6 Å². The number of hydrogen-bond donors (Lipinski definition) is 1. The Kier molecular flexibility index (Phi) is 4.65. The third-order valence-corrected chi connectivity index (χ3v) is 5.96. The minimum absolute atomic E-state index is 0.628. The molecule has 0 aliphatic heterocycles. The molecule has 0 saturated heterocycles. The number of benzene rings is 1. The Morgan fingerprint density at radius 3 is 2.85 bits per heavy atom. The van der Waals surface area contributed by atoms with E-state index in [4.69, 9.17) is 12.2 Å². The van der Waals surface area contributed by atoms with Crippen LogP contribution in [0.4, 0.5) is 0 Å². The molecule has 0 bridgehead atoms. The van der Waals surface area contributed by atoms with Gasteiger partial charge in [-0.1, -0.05) is 34.2 Å². The van der Waals surface area contributed by atoms with Crippen LogP contribution in [0.5, 0.6) is 0 Å². The number of hydrogen-bond acceptors (Lipinski definition) is 3. The summed E-state index contributed by atoms with van der Waals surface area (Å²) in [4.78, 5) is 9.12. The Morgan fingerprint density at radius 1 is 1.35 bits per heavy atom. The molecule has 1 saturated carbocycles. The normalized spacial score (nSPS) is 14.5. The average Bonchev–Trinajstić information content (AvgIpc) is 3.24. The van der Waals surface area contributed by atoms with Crippen LogP contribution in [0.25, 0.3) is 0 Å². The number of aromatic amines is 1. The summed E-state index contributed by atoms with van der Waals surface area (Å²) in [6, 6.07) is 8.28. The number of nitrogens with one attached hydrogen (secondary N) is 1. The summed E-state index contributed by atoms with van der Waals surface area (Å²) in [7, 11) is 0. The van der Waals surface area contributed by atoms with E-state index in [2.05, 4.69) is 54.0 Å². The quantitative estimate of drug-likeness (QED) is 0.487. The van der Waals surface area contributed by atoms with Gasteiger partial charge in [0.25, 0.3) is 0 Å². The molecule has 1 aromatic heterocycles. The van der Waals surface area contributed by atoms with Crippen LogP contribution < -0.4 is 0 Å². The summed E-state index contributed by atoms with van der Waals surface area (Å²) in [6.07, 6.45) is 2.48. The second-order valence-corrected chi connectivity index (χ2v) is 7.88. The van der Waals surface area contributed by atoms with Crippen molar-refractivity contribution in [2.24, 2.45) is 0 Å². The highest BCUT2D eigenvalue weighted by Crippen LogP contribution is 2.42. The highest BCUT2D eigenvalue weighted by atomic mass is 79.9. The van der Waals surface area contributed by atoms with E-state index in [1.54, 1.807) is 11.8 Å². The van der Waals surface area contributed by atoms with Crippen molar-refractivity contribution in [2.45, 2.75) is 29.4 Å². The van der Waals surface area contributed by atoms with E-state index >= 15 is 0 Å². The van der Waals surface area contributed by atoms with Gasteiger partial charge in [0.2, 0.25) is 0 Å². The Labute approximate surface area is 144 Å². The van der Waals surface area contributed by atoms with Gasteiger partial charge in [0.15, 0.2) is 0 Å². The van der Waals surface area contributed by atoms with Crippen molar-refractivity contribution in [1.29, 1.82) is 0 Å². The van der Waals surface area contributed by atoms with Crippen LogP contribution in [0.2, 0.25) is 0 Å². The molecule has 0 radical (unpaired) electrons. The van der Waals surface area contributed by atoms with E-state index in [-0.39, 0.29) is 0 Å². The van der Waals surface area contributed by atoms with Crippen molar-refractivity contribution in [3.8, 4) is 0 Å². The molecule has 1 aromatic carbocycles. The third-order valence-electron chi connectivity index (χ3n) is 3.10. The lowest BCUT2D eigenvalue weighted by atomic mass is 10.3. The summed E-state index contributed by atoms with van der Waals surface area (Å²) in [5.41, 5.74) is 1.22. The molecule has 0 amide bonds. The fourth-order valence-corrected chi connectivity index (χ4v) is 4.06. The van der Waals surface area contributed by atoms with Gasteiger partial charge in [-0.3, -0.25) is 0 Å². The largest absolute Gasteiger partial charge is 0.345 e. The SMILES string of the molecule is S=c1nc(CSc2cccc(Br)c2)[nH]c(C2CC2)c1Br. The van der Waals surface area contributed by atoms with Crippen molar-refractivity contribution in [3.05, 3.63) is 49.4 Å². The van der Waals surface area contributed by atoms with Gasteiger partial charge < -0.3 is 4.98 Å². The number of nitrogens with zero attached hydrogens (tertiary/aromatic N) is 1. The van der Waals surface area contributed by atoms with Gasteiger partial charge in [0.1, 0.15) is 10.5 Å². The molecule has 6 heteroatoms. The van der Waals surface area contributed by atoms with E-state index < -0.39 is 0 Å². The van der Waals surface area contributed by atoms with Crippen LogP contribution in [-0.2, 0) is 5.75 Å². The van der Waals surface area contributed by atoms with Crippen LogP contribution in [0.3, 0.4) is 0 Å². The van der Waals surface area contributed by atoms with Crippen LogP contribution >= 0.6 is 55.8 Å². The summed E-state index contributed by atoms with van der Waals surface area (Å²) in [5.74, 6) is 2.38. The van der Waals surface area contributed by atoms with Crippen molar-refractivity contribution in [1.82, 2.24) is 9.97 Å². The molecule has 0 spiro atoms. The Balaban J connectivity index is 1.79.